The van der Waals surface area contributed by atoms with Crippen LogP contribution in [0.3, 0.4) is 0 Å². The summed E-state index contributed by atoms with van der Waals surface area (Å²) in [7, 11) is 0. The van der Waals surface area contributed by atoms with Crippen LogP contribution in [0.15, 0.2) is 200 Å². The Hall–Kier alpha value is -7.09. The van der Waals surface area contributed by atoms with E-state index in [0.717, 1.165) is 33.4 Å². The van der Waals surface area contributed by atoms with Gasteiger partial charge in [-0.2, -0.15) is 5.26 Å². The van der Waals surface area contributed by atoms with Crippen molar-refractivity contribution >= 4 is 63.0 Å². The number of fused-ring (bicyclic) bond motifs is 6. The standard InChI is InChI=1S/C55H33NS2/c56-34-35-27-41(31-44(28-35)46-17-9-19-50-48-15-4-6-21-52(48)57-54(46)50)38-25-23-37(24-26-38)39-13-8-14-40(29-39)43-30-42(36-11-2-1-3-12-36)32-45(33-43)47-18-10-20-51-49-16-5-7-22-53(49)58-55(47)51/h1-33H. The van der Waals surface area contributed by atoms with Gasteiger partial charge in [0.05, 0.1) is 11.6 Å². The van der Waals surface area contributed by atoms with Crippen molar-refractivity contribution in [2.45, 2.75) is 0 Å². The highest BCUT2D eigenvalue weighted by Crippen LogP contribution is 2.43. The summed E-state index contributed by atoms with van der Waals surface area (Å²) >= 11 is 3.69. The van der Waals surface area contributed by atoms with Crippen molar-refractivity contribution in [1.29, 1.82) is 5.26 Å². The highest BCUT2D eigenvalue weighted by atomic mass is 32.1. The zero-order chi connectivity index (χ0) is 38.6. The molecule has 0 amide bonds. The molecule has 270 valence electrons. The number of nitrogens with zero attached hydrogens (tertiary/aromatic N) is 1. The summed E-state index contributed by atoms with van der Waals surface area (Å²) in [6.45, 7) is 0. The van der Waals surface area contributed by atoms with Gasteiger partial charge in [-0.05, 0) is 121 Å². The molecule has 0 aliphatic heterocycles. The highest BCUT2D eigenvalue weighted by molar-refractivity contribution is 7.26. The first kappa shape index (κ1) is 34.2. The van der Waals surface area contributed by atoms with Crippen LogP contribution in [0.5, 0.6) is 0 Å². The third kappa shape index (κ3) is 5.99. The van der Waals surface area contributed by atoms with E-state index in [1.165, 1.54) is 73.7 Å². The maximum absolute atomic E-state index is 10.1. The number of nitriles is 1. The van der Waals surface area contributed by atoms with Gasteiger partial charge < -0.3 is 0 Å². The SMILES string of the molecule is N#Cc1cc(-c2ccc(-c3cccc(-c4cc(-c5ccccc5)cc(-c5cccc6c5sc5ccccc56)c4)c3)cc2)cc(-c2cccc3c2sc2ccccc23)c1. The van der Waals surface area contributed by atoms with E-state index in [4.69, 9.17) is 0 Å². The van der Waals surface area contributed by atoms with E-state index in [2.05, 4.69) is 194 Å². The van der Waals surface area contributed by atoms with Crippen molar-refractivity contribution in [3.05, 3.63) is 206 Å². The van der Waals surface area contributed by atoms with Gasteiger partial charge in [0, 0.05) is 40.3 Å². The van der Waals surface area contributed by atoms with E-state index < -0.39 is 0 Å². The summed E-state index contributed by atoms with van der Waals surface area (Å²) in [5.74, 6) is 0. The third-order valence-electron chi connectivity index (χ3n) is 11.3. The van der Waals surface area contributed by atoms with Crippen LogP contribution >= 0.6 is 22.7 Å². The predicted molar refractivity (Wildman–Crippen MR) is 250 cm³/mol. The molecule has 0 unspecified atom stereocenters. The van der Waals surface area contributed by atoms with Gasteiger partial charge in [0.15, 0.2) is 0 Å². The summed E-state index contributed by atoms with van der Waals surface area (Å²) in [5, 5.41) is 15.3. The first-order chi connectivity index (χ1) is 28.7. The number of hydrogen-bond acceptors (Lipinski definition) is 3. The van der Waals surface area contributed by atoms with Gasteiger partial charge in [0.1, 0.15) is 0 Å². The van der Waals surface area contributed by atoms with Crippen LogP contribution in [0.25, 0.3) is 107 Å². The molecule has 0 aliphatic rings. The molecule has 11 rings (SSSR count). The lowest BCUT2D eigenvalue weighted by Gasteiger charge is -2.13. The van der Waals surface area contributed by atoms with Crippen molar-refractivity contribution < 1.29 is 0 Å². The van der Waals surface area contributed by atoms with E-state index in [0.29, 0.717) is 5.56 Å². The first-order valence-corrected chi connectivity index (χ1v) is 21.1. The van der Waals surface area contributed by atoms with Gasteiger partial charge in [0.2, 0.25) is 0 Å². The Morgan fingerprint density at radius 1 is 0.293 bits per heavy atom. The van der Waals surface area contributed by atoms with Crippen LogP contribution in [0.2, 0.25) is 0 Å². The van der Waals surface area contributed by atoms with Gasteiger partial charge in [-0.3, -0.25) is 0 Å². The van der Waals surface area contributed by atoms with Gasteiger partial charge in [-0.25, -0.2) is 0 Å². The van der Waals surface area contributed by atoms with Crippen LogP contribution in [-0.4, -0.2) is 0 Å². The minimum Gasteiger partial charge on any atom is -0.192 e. The smallest absolute Gasteiger partial charge is 0.0992 e. The van der Waals surface area contributed by atoms with Gasteiger partial charge in [0.25, 0.3) is 0 Å². The summed E-state index contributed by atoms with van der Waals surface area (Å²) in [6, 6.07) is 74.6. The Bertz CT molecular complexity index is 3400. The van der Waals surface area contributed by atoms with Crippen LogP contribution in [0.4, 0.5) is 0 Å². The molecule has 0 atom stereocenters. The van der Waals surface area contributed by atoms with E-state index in [-0.39, 0.29) is 0 Å². The second-order valence-corrected chi connectivity index (χ2v) is 16.9. The molecule has 0 bridgehead atoms. The molecule has 2 heterocycles. The van der Waals surface area contributed by atoms with Crippen LogP contribution in [0.1, 0.15) is 5.56 Å². The number of thiophene rings is 2. The summed E-state index contributed by atoms with van der Waals surface area (Å²) < 4.78 is 5.15. The molecule has 58 heavy (non-hydrogen) atoms. The normalized spacial score (nSPS) is 11.4. The Labute approximate surface area is 345 Å². The van der Waals surface area contributed by atoms with E-state index in [9.17, 15) is 5.26 Å². The average Bonchev–Trinajstić information content (AvgIpc) is 3.88. The van der Waals surface area contributed by atoms with E-state index in [1.807, 2.05) is 34.8 Å². The number of rotatable bonds is 6. The maximum Gasteiger partial charge on any atom is 0.0992 e. The van der Waals surface area contributed by atoms with Crippen molar-refractivity contribution in [2.75, 3.05) is 0 Å². The number of benzene rings is 9. The zero-order valence-corrected chi connectivity index (χ0v) is 32.9. The lowest BCUT2D eigenvalue weighted by atomic mass is 9.91. The lowest BCUT2D eigenvalue weighted by molar-refractivity contribution is 1.48. The summed E-state index contributed by atoms with van der Waals surface area (Å²) in [6.07, 6.45) is 0. The number of hydrogen-bond donors (Lipinski definition) is 0. The zero-order valence-electron chi connectivity index (χ0n) is 31.3. The molecule has 0 fully saturated rings. The molecule has 11 aromatic rings. The third-order valence-corrected chi connectivity index (χ3v) is 13.7. The Kier molecular flexibility index (Phi) is 8.33. The van der Waals surface area contributed by atoms with Crippen molar-refractivity contribution in [3.63, 3.8) is 0 Å². The quantitative estimate of drug-likeness (QED) is 0.165. The molecular formula is C55H33NS2. The van der Waals surface area contributed by atoms with Gasteiger partial charge in [-0.1, -0.05) is 146 Å². The Morgan fingerprint density at radius 3 is 1.28 bits per heavy atom. The van der Waals surface area contributed by atoms with E-state index in [1.54, 1.807) is 0 Å². The van der Waals surface area contributed by atoms with Gasteiger partial charge >= 0.3 is 0 Å². The topological polar surface area (TPSA) is 23.8 Å². The lowest BCUT2D eigenvalue weighted by Crippen LogP contribution is -1.88. The van der Waals surface area contributed by atoms with Crippen molar-refractivity contribution in [1.82, 2.24) is 0 Å². The molecule has 0 saturated carbocycles. The molecule has 0 N–H and O–H groups in total. The fourth-order valence-corrected chi connectivity index (χ4v) is 10.9. The average molecular weight is 772 g/mol. The van der Waals surface area contributed by atoms with Crippen LogP contribution in [-0.2, 0) is 0 Å². The van der Waals surface area contributed by atoms with Crippen LogP contribution < -0.4 is 0 Å². The molecule has 1 nitrogen and oxygen atoms in total. The van der Waals surface area contributed by atoms with Crippen molar-refractivity contribution in [3.8, 4) is 72.8 Å². The van der Waals surface area contributed by atoms with Crippen LogP contribution in [0, 0.1) is 11.3 Å². The largest absolute Gasteiger partial charge is 0.192 e. The molecule has 3 heteroatoms. The molecule has 9 aromatic carbocycles. The maximum atomic E-state index is 10.1. The van der Waals surface area contributed by atoms with Crippen molar-refractivity contribution in [2.24, 2.45) is 0 Å². The molecule has 2 aromatic heterocycles. The minimum atomic E-state index is 0.656. The minimum absolute atomic E-state index is 0.656. The molecule has 0 spiro atoms. The first-order valence-electron chi connectivity index (χ1n) is 19.5. The van der Waals surface area contributed by atoms with E-state index >= 15 is 0 Å². The molecule has 0 aliphatic carbocycles. The Morgan fingerprint density at radius 2 is 0.672 bits per heavy atom. The molecule has 0 saturated heterocycles. The second kappa shape index (κ2) is 14.1. The summed E-state index contributed by atoms with van der Waals surface area (Å²) in [4.78, 5) is 0. The fraction of sp³-hybridized carbons (Fsp3) is 0. The fourth-order valence-electron chi connectivity index (χ4n) is 8.44. The molecule has 0 radical (unpaired) electrons. The summed E-state index contributed by atoms with van der Waals surface area (Å²) in [5.41, 5.74) is 14.5. The molecular weight excluding hydrogens is 739 g/mol. The Balaban J connectivity index is 0.969. The second-order valence-electron chi connectivity index (χ2n) is 14.8. The predicted octanol–water partition coefficient (Wildman–Crippen LogP) is 16.3. The van der Waals surface area contributed by atoms with Gasteiger partial charge in [-0.15, -0.1) is 22.7 Å². The monoisotopic (exact) mass is 771 g/mol. The highest BCUT2D eigenvalue weighted by Gasteiger charge is 2.15.